The van der Waals surface area contributed by atoms with Crippen molar-refractivity contribution in [1.82, 2.24) is 4.98 Å². The first-order chi connectivity index (χ1) is 6.29. The highest BCUT2D eigenvalue weighted by Gasteiger charge is 2.03. The first-order valence-corrected chi connectivity index (χ1v) is 5.22. The van der Waals surface area contributed by atoms with Crippen LogP contribution in [0.15, 0.2) is 12.4 Å². The van der Waals surface area contributed by atoms with Crippen molar-refractivity contribution in [3.63, 3.8) is 0 Å². The van der Waals surface area contributed by atoms with Crippen molar-refractivity contribution in [2.45, 2.75) is 46.5 Å². The second-order valence-corrected chi connectivity index (χ2v) is 3.55. The van der Waals surface area contributed by atoms with Crippen LogP contribution in [0.25, 0.3) is 0 Å². The van der Waals surface area contributed by atoms with E-state index < -0.39 is 0 Å². The molecule has 0 aliphatic rings. The Balaban J connectivity index is 2.87. The summed E-state index contributed by atoms with van der Waals surface area (Å²) in [5.41, 5.74) is 4.31. The van der Waals surface area contributed by atoms with Gasteiger partial charge in [-0.2, -0.15) is 0 Å². The molecule has 13 heavy (non-hydrogen) atoms. The van der Waals surface area contributed by atoms with E-state index in [1.165, 1.54) is 36.0 Å². The molecule has 1 nitrogen and oxygen atoms in total. The van der Waals surface area contributed by atoms with Crippen LogP contribution in [0.2, 0.25) is 0 Å². The van der Waals surface area contributed by atoms with Crippen molar-refractivity contribution in [3.8, 4) is 0 Å². The van der Waals surface area contributed by atoms with Gasteiger partial charge in [0.15, 0.2) is 0 Å². The van der Waals surface area contributed by atoms with E-state index in [4.69, 9.17) is 0 Å². The zero-order valence-corrected chi connectivity index (χ0v) is 8.93. The van der Waals surface area contributed by atoms with Gasteiger partial charge >= 0.3 is 0 Å². The third-order valence-electron chi connectivity index (χ3n) is 2.52. The molecular formula is C12H19N. The minimum absolute atomic E-state index is 1.10. The number of rotatable bonds is 4. The summed E-state index contributed by atoms with van der Waals surface area (Å²) in [5.74, 6) is 0. The van der Waals surface area contributed by atoms with Gasteiger partial charge in [0.2, 0.25) is 0 Å². The van der Waals surface area contributed by atoms with Crippen LogP contribution in [0.5, 0.6) is 0 Å². The molecule has 0 aromatic carbocycles. The molecule has 0 saturated carbocycles. The molecule has 1 aromatic heterocycles. The van der Waals surface area contributed by atoms with E-state index in [0.717, 1.165) is 6.42 Å². The van der Waals surface area contributed by atoms with Gasteiger partial charge in [0, 0.05) is 12.4 Å². The molecule has 0 aliphatic heterocycles. The van der Waals surface area contributed by atoms with Crippen molar-refractivity contribution in [3.05, 3.63) is 29.1 Å². The van der Waals surface area contributed by atoms with Crippen molar-refractivity contribution in [2.75, 3.05) is 0 Å². The zero-order chi connectivity index (χ0) is 9.68. The Bertz CT molecular complexity index is 266. The second-order valence-electron chi connectivity index (χ2n) is 3.55. The molecule has 0 aliphatic carbocycles. The van der Waals surface area contributed by atoms with Crippen molar-refractivity contribution < 1.29 is 0 Å². The van der Waals surface area contributed by atoms with Crippen LogP contribution < -0.4 is 0 Å². The van der Waals surface area contributed by atoms with Crippen LogP contribution in [0, 0.1) is 6.92 Å². The SMILES string of the molecule is CCCCc1c(C)cncc1CC. The molecule has 0 saturated heterocycles. The van der Waals surface area contributed by atoms with E-state index >= 15 is 0 Å². The summed E-state index contributed by atoms with van der Waals surface area (Å²) in [4.78, 5) is 4.22. The minimum Gasteiger partial charge on any atom is -0.264 e. The molecule has 0 amide bonds. The van der Waals surface area contributed by atoms with E-state index in [9.17, 15) is 0 Å². The van der Waals surface area contributed by atoms with Gasteiger partial charge in [-0.1, -0.05) is 20.3 Å². The fourth-order valence-corrected chi connectivity index (χ4v) is 1.66. The van der Waals surface area contributed by atoms with Gasteiger partial charge in [-0.3, -0.25) is 4.98 Å². The van der Waals surface area contributed by atoms with Crippen LogP contribution in [-0.4, -0.2) is 4.98 Å². The predicted octanol–water partition coefficient (Wildman–Crippen LogP) is 3.30. The largest absolute Gasteiger partial charge is 0.264 e. The van der Waals surface area contributed by atoms with Crippen LogP contribution in [0.3, 0.4) is 0 Å². The molecule has 0 fully saturated rings. The molecule has 0 spiro atoms. The smallest absolute Gasteiger partial charge is 0.0302 e. The highest BCUT2D eigenvalue weighted by molar-refractivity contribution is 5.30. The molecule has 1 heteroatoms. The quantitative estimate of drug-likeness (QED) is 0.687. The summed E-state index contributed by atoms with van der Waals surface area (Å²) < 4.78 is 0. The number of hydrogen-bond donors (Lipinski definition) is 0. The van der Waals surface area contributed by atoms with E-state index in [1.807, 2.05) is 12.4 Å². The molecule has 1 heterocycles. The van der Waals surface area contributed by atoms with E-state index in [1.54, 1.807) is 0 Å². The number of nitrogens with zero attached hydrogens (tertiary/aromatic N) is 1. The average Bonchev–Trinajstić information content (AvgIpc) is 2.15. The third-order valence-corrected chi connectivity index (χ3v) is 2.52. The number of pyridine rings is 1. The summed E-state index contributed by atoms with van der Waals surface area (Å²) in [6, 6.07) is 0. The fourth-order valence-electron chi connectivity index (χ4n) is 1.66. The lowest BCUT2D eigenvalue weighted by atomic mass is 9.98. The van der Waals surface area contributed by atoms with Crippen LogP contribution in [0.4, 0.5) is 0 Å². The van der Waals surface area contributed by atoms with E-state index in [0.29, 0.717) is 0 Å². The Hall–Kier alpha value is -0.850. The molecule has 0 unspecified atom stereocenters. The van der Waals surface area contributed by atoms with Gasteiger partial charge in [0.05, 0.1) is 0 Å². The van der Waals surface area contributed by atoms with Gasteiger partial charge in [0.25, 0.3) is 0 Å². The lowest BCUT2D eigenvalue weighted by Gasteiger charge is -2.09. The molecule has 0 N–H and O–H groups in total. The molecule has 1 rings (SSSR count). The highest BCUT2D eigenvalue weighted by atomic mass is 14.6. The maximum Gasteiger partial charge on any atom is 0.0302 e. The monoisotopic (exact) mass is 177 g/mol. The molecular weight excluding hydrogens is 158 g/mol. The Morgan fingerprint density at radius 1 is 1.23 bits per heavy atom. The van der Waals surface area contributed by atoms with Gasteiger partial charge < -0.3 is 0 Å². The molecule has 0 atom stereocenters. The Labute approximate surface area is 81.2 Å². The Morgan fingerprint density at radius 3 is 2.62 bits per heavy atom. The molecule has 0 radical (unpaired) electrons. The van der Waals surface area contributed by atoms with E-state index in [-0.39, 0.29) is 0 Å². The normalized spacial score (nSPS) is 10.4. The summed E-state index contributed by atoms with van der Waals surface area (Å²) in [5, 5.41) is 0. The van der Waals surface area contributed by atoms with E-state index in [2.05, 4.69) is 25.8 Å². The Morgan fingerprint density at radius 2 is 2.00 bits per heavy atom. The van der Waals surface area contributed by atoms with Crippen LogP contribution >= 0.6 is 0 Å². The second kappa shape index (κ2) is 5.00. The lowest BCUT2D eigenvalue weighted by molar-refractivity contribution is 0.780. The van der Waals surface area contributed by atoms with Gasteiger partial charge in [-0.25, -0.2) is 0 Å². The van der Waals surface area contributed by atoms with Crippen molar-refractivity contribution in [2.24, 2.45) is 0 Å². The van der Waals surface area contributed by atoms with Crippen LogP contribution in [0.1, 0.15) is 43.4 Å². The van der Waals surface area contributed by atoms with Gasteiger partial charge in [0.1, 0.15) is 0 Å². The maximum atomic E-state index is 4.22. The van der Waals surface area contributed by atoms with Gasteiger partial charge in [-0.05, 0) is 42.9 Å². The van der Waals surface area contributed by atoms with Gasteiger partial charge in [-0.15, -0.1) is 0 Å². The summed E-state index contributed by atoms with van der Waals surface area (Å²) in [6.07, 6.45) is 8.87. The predicted molar refractivity (Wildman–Crippen MR) is 57.0 cm³/mol. The van der Waals surface area contributed by atoms with Crippen LogP contribution in [-0.2, 0) is 12.8 Å². The summed E-state index contributed by atoms with van der Waals surface area (Å²) >= 11 is 0. The Kier molecular flexibility index (Phi) is 3.94. The lowest BCUT2D eigenvalue weighted by Crippen LogP contribution is -1.97. The topological polar surface area (TPSA) is 12.9 Å². The molecule has 0 bridgehead atoms. The first kappa shape index (κ1) is 10.2. The van der Waals surface area contributed by atoms with Crippen molar-refractivity contribution in [1.29, 1.82) is 0 Å². The van der Waals surface area contributed by atoms with Crippen molar-refractivity contribution >= 4 is 0 Å². The average molecular weight is 177 g/mol. The molecule has 1 aromatic rings. The highest BCUT2D eigenvalue weighted by Crippen LogP contribution is 2.15. The standard InChI is InChI=1S/C12H19N/c1-4-6-7-12-10(3)8-13-9-11(12)5-2/h8-9H,4-7H2,1-3H3. The molecule has 72 valence electrons. The fraction of sp³-hybridized carbons (Fsp3) is 0.583. The zero-order valence-electron chi connectivity index (χ0n) is 8.93. The summed E-state index contributed by atoms with van der Waals surface area (Å²) in [6.45, 7) is 6.60. The maximum absolute atomic E-state index is 4.22. The number of aromatic nitrogens is 1. The number of unbranched alkanes of at least 4 members (excludes halogenated alkanes) is 1. The third kappa shape index (κ3) is 2.55. The minimum atomic E-state index is 1.10. The number of hydrogen-bond acceptors (Lipinski definition) is 1. The number of aryl methyl sites for hydroxylation is 2. The first-order valence-electron chi connectivity index (χ1n) is 5.22. The summed E-state index contributed by atoms with van der Waals surface area (Å²) in [7, 11) is 0.